The summed E-state index contributed by atoms with van der Waals surface area (Å²) in [6.07, 6.45) is 91.2. The van der Waals surface area contributed by atoms with Crippen molar-refractivity contribution in [2.24, 2.45) is 0 Å². The van der Waals surface area contributed by atoms with Gasteiger partial charge in [-0.15, -0.1) is 89.5 Å². The standard InChI is InChI=1S/C6H10.C6H8.2C6H6.3C6H4.2C4H6.C4H4.C4H2.C2H4.4C2H2/c7*1-2-4-6-5-3-1;4*1-3-4-2;5*1-2/h1-2H,3-6H2;1-2,5-6H,3-4H2;1-3,6H,4H2;1-6H;3*1-4H;2*3-4H,1-2H2;1,4H,2H2;1-2H;1-2H2;4*1-2H. The highest BCUT2D eigenvalue weighted by Crippen LogP contribution is 2.07. The molecule has 0 bridgehead atoms. The molecule has 0 unspecified atom stereocenters. The Morgan fingerprint density at radius 3 is 0.794 bits per heavy atom. The molecule has 68 heavy (non-hydrogen) atoms. The van der Waals surface area contributed by atoms with Crippen LogP contribution in [-0.4, -0.2) is 0 Å². The van der Waals surface area contributed by atoms with Crippen molar-refractivity contribution in [2.45, 2.75) is 44.9 Å². The first-order chi connectivity index (χ1) is 33.7. The molecule has 0 saturated heterocycles. The third kappa shape index (κ3) is 131. The van der Waals surface area contributed by atoms with Gasteiger partial charge in [-0.2, -0.15) is 0 Å². The molecule has 0 spiro atoms. The number of hydrogen-bond acceptors (Lipinski definition) is 0. The quantitative estimate of drug-likeness (QED) is 0.104. The molecular formula is C68H72. The number of hydrogen-bond donors (Lipinski definition) is 0. The number of rotatable bonds is 2. The smallest absolute Gasteiger partial charge is 0.00896 e. The van der Waals surface area contributed by atoms with Crippen LogP contribution in [0.2, 0.25) is 0 Å². The highest BCUT2D eigenvalue weighted by molar-refractivity contribution is 5.16. The molecule has 344 valence electrons. The van der Waals surface area contributed by atoms with Crippen molar-refractivity contribution < 1.29 is 0 Å². The van der Waals surface area contributed by atoms with Crippen LogP contribution in [0.15, 0.2) is 264 Å². The predicted octanol–water partition coefficient (Wildman–Crippen LogP) is 16.9. The van der Waals surface area contributed by atoms with Crippen LogP contribution in [0, 0.1) is 113 Å². The topological polar surface area (TPSA) is 0 Å². The summed E-state index contributed by atoms with van der Waals surface area (Å²) in [6, 6.07) is 38.0. The van der Waals surface area contributed by atoms with Gasteiger partial charge in [0.15, 0.2) is 0 Å². The van der Waals surface area contributed by atoms with E-state index in [0.29, 0.717) is 0 Å². The van der Waals surface area contributed by atoms with Crippen LogP contribution in [0.3, 0.4) is 0 Å². The lowest BCUT2D eigenvalue weighted by Crippen LogP contribution is -1.77. The number of benzene rings is 1. The Labute approximate surface area is 419 Å². The van der Waals surface area contributed by atoms with E-state index in [0.717, 1.165) is 19.3 Å². The zero-order valence-corrected chi connectivity index (χ0v) is 40.3. The second kappa shape index (κ2) is 112. The molecule has 0 aromatic heterocycles. The predicted molar refractivity (Wildman–Crippen MR) is 310 cm³/mol. The maximum absolute atomic E-state index is 4.66. The molecule has 0 fully saturated rings. The fourth-order valence-corrected chi connectivity index (χ4v) is 3.00. The van der Waals surface area contributed by atoms with Crippen LogP contribution < -0.4 is 0 Å². The van der Waals surface area contributed by atoms with Crippen LogP contribution in [0.25, 0.3) is 0 Å². The van der Waals surface area contributed by atoms with Crippen molar-refractivity contribution in [2.75, 3.05) is 0 Å². The lowest BCUT2D eigenvalue weighted by Gasteiger charge is -1.97. The van der Waals surface area contributed by atoms with E-state index in [1.54, 1.807) is 24.3 Å². The first kappa shape index (κ1) is 78.6. The fraction of sp³-hybridized carbons (Fsp3) is 0.103. The lowest BCUT2D eigenvalue weighted by atomic mass is 10.1. The number of terminal acetylenes is 7. The Hall–Kier alpha value is -9.82. The van der Waals surface area contributed by atoms with Gasteiger partial charge in [-0.05, 0) is 111 Å². The third-order valence-corrected chi connectivity index (χ3v) is 5.60. The minimum Gasteiger partial charge on any atom is -0.125 e. The molecule has 4 aliphatic rings. The summed E-state index contributed by atoms with van der Waals surface area (Å²) < 4.78 is 0. The summed E-state index contributed by atoms with van der Waals surface area (Å²) in [4.78, 5) is 0. The van der Waals surface area contributed by atoms with Crippen LogP contribution in [0.4, 0.5) is 0 Å². The molecule has 0 aliphatic heterocycles. The summed E-state index contributed by atoms with van der Waals surface area (Å²) in [5.41, 5.74) is 8.48. The molecule has 0 N–H and O–H groups in total. The van der Waals surface area contributed by atoms with Crippen LogP contribution in [0.5, 0.6) is 0 Å². The zero-order valence-electron chi connectivity index (χ0n) is 40.3. The third-order valence-electron chi connectivity index (χ3n) is 5.60. The van der Waals surface area contributed by atoms with E-state index in [1.807, 2.05) is 139 Å². The highest BCUT2D eigenvalue weighted by atomic mass is 13.9. The van der Waals surface area contributed by atoms with Gasteiger partial charge in [0.05, 0.1) is 0 Å². The van der Waals surface area contributed by atoms with E-state index < -0.39 is 0 Å². The summed E-state index contributed by atoms with van der Waals surface area (Å²) >= 11 is 0. The normalized spacial score (nSPS) is 9.13. The van der Waals surface area contributed by atoms with Gasteiger partial charge in [0.25, 0.3) is 0 Å². The van der Waals surface area contributed by atoms with Crippen molar-refractivity contribution in [3.05, 3.63) is 288 Å². The van der Waals surface area contributed by atoms with Crippen molar-refractivity contribution in [1.29, 1.82) is 0 Å². The van der Waals surface area contributed by atoms with Gasteiger partial charge in [-0.1, -0.05) is 220 Å². The summed E-state index contributed by atoms with van der Waals surface area (Å²) in [5.74, 6) is 6.11. The molecular weight excluding hydrogens is 817 g/mol. The highest BCUT2D eigenvalue weighted by Gasteiger charge is 1.87. The largest absolute Gasteiger partial charge is 0.125 e. The zero-order chi connectivity index (χ0) is 53.4. The molecule has 0 heterocycles. The first-order valence-corrected chi connectivity index (χ1v) is 20.4. The average Bonchev–Trinajstić information content (AvgIpc) is 3.50. The van der Waals surface area contributed by atoms with Gasteiger partial charge in [0.2, 0.25) is 0 Å². The Bertz CT molecular complexity index is 1720. The van der Waals surface area contributed by atoms with E-state index in [2.05, 4.69) is 207 Å². The molecule has 3 aromatic carbocycles. The maximum Gasteiger partial charge on any atom is -0.00896 e. The van der Waals surface area contributed by atoms with E-state index in [1.165, 1.54) is 31.8 Å². The van der Waals surface area contributed by atoms with E-state index in [-0.39, 0.29) is 0 Å². The van der Waals surface area contributed by atoms with Crippen molar-refractivity contribution in [3.63, 3.8) is 0 Å². The minimum atomic E-state index is 1.05. The number of allylic oxidation sites excluding steroid dienone is 18. The van der Waals surface area contributed by atoms with Crippen molar-refractivity contribution >= 4 is 0 Å². The Kier molecular flexibility index (Phi) is 129. The molecule has 0 nitrogen and oxygen atoms in total. The van der Waals surface area contributed by atoms with Gasteiger partial charge in [-0.3, -0.25) is 0 Å². The molecule has 0 radical (unpaired) electrons. The SMILES string of the molecule is C#C.C#C.C#C.C#C.C#CC#C.C#CC=C.C1=C=CC=CC=1.C1=CC=CCC=1.C1=CCC=CC1.C1=CCCCC1.C=C.C=CC=C.C=CC=C.c1ccccc#1.c1ccccc#1.c1ccccc1. The van der Waals surface area contributed by atoms with Crippen molar-refractivity contribution in [3.8, 4) is 88.4 Å². The van der Waals surface area contributed by atoms with Crippen LogP contribution in [0.1, 0.15) is 44.9 Å². The summed E-state index contributed by atoms with van der Waals surface area (Å²) in [7, 11) is 0. The molecule has 0 amide bonds. The molecule has 0 saturated carbocycles. The molecule has 0 heteroatoms. The van der Waals surface area contributed by atoms with Gasteiger partial charge in [0.1, 0.15) is 0 Å². The maximum atomic E-state index is 4.66. The van der Waals surface area contributed by atoms with Crippen LogP contribution >= 0.6 is 0 Å². The van der Waals surface area contributed by atoms with Gasteiger partial charge in [0, 0.05) is 0 Å². The monoisotopic (exact) mass is 889 g/mol. The Balaban J connectivity index is -0.0000000793. The molecule has 3 aromatic rings. The average molecular weight is 889 g/mol. The Morgan fingerprint density at radius 1 is 0.397 bits per heavy atom. The summed E-state index contributed by atoms with van der Waals surface area (Å²) in [6.45, 7) is 22.7. The minimum absolute atomic E-state index is 1.05. The second-order valence-corrected chi connectivity index (χ2v) is 10.1. The summed E-state index contributed by atoms with van der Waals surface area (Å²) in [5, 5.41) is 0. The van der Waals surface area contributed by atoms with E-state index in [4.69, 9.17) is 0 Å². The lowest BCUT2D eigenvalue weighted by molar-refractivity contribution is 0.730. The Morgan fingerprint density at radius 2 is 0.706 bits per heavy atom. The van der Waals surface area contributed by atoms with E-state index in [9.17, 15) is 0 Å². The molecule has 4 aliphatic carbocycles. The van der Waals surface area contributed by atoms with Gasteiger partial charge < -0.3 is 0 Å². The van der Waals surface area contributed by atoms with Crippen LogP contribution in [-0.2, 0) is 0 Å². The second-order valence-electron chi connectivity index (χ2n) is 10.1. The van der Waals surface area contributed by atoms with E-state index >= 15 is 0 Å². The first-order valence-electron chi connectivity index (χ1n) is 20.4. The van der Waals surface area contributed by atoms with Gasteiger partial charge in [-0.25, -0.2) is 0 Å². The molecule has 7 rings (SSSR count). The fourth-order valence-electron chi connectivity index (χ4n) is 3.00. The van der Waals surface area contributed by atoms with Gasteiger partial charge >= 0.3 is 0 Å². The van der Waals surface area contributed by atoms with Crippen molar-refractivity contribution in [1.82, 2.24) is 0 Å². The molecule has 0 atom stereocenters.